The van der Waals surface area contributed by atoms with Gasteiger partial charge in [-0.25, -0.2) is 9.37 Å². The maximum absolute atomic E-state index is 14.5. The van der Waals surface area contributed by atoms with Gasteiger partial charge in [-0.1, -0.05) is 48.2 Å². The lowest BCUT2D eigenvalue weighted by atomic mass is 10.1. The molecule has 1 atom stereocenters. The highest BCUT2D eigenvalue weighted by atomic mass is 32.2. The first-order chi connectivity index (χ1) is 15.6. The van der Waals surface area contributed by atoms with Crippen molar-refractivity contribution in [2.45, 2.75) is 24.2 Å². The predicted octanol–water partition coefficient (Wildman–Crippen LogP) is 3.79. The molecule has 168 valence electrons. The number of aryl methyl sites for hydroxylation is 1. The summed E-state index contributed by atoms with van der Waals surface area (Å²) in [5, 5.41) is 3.91. The van der Waals surface area contributed by atoms with Gasteiger partial charge in [-0.05, 0) is 12.1 Å². The van der Waals surface area contributed by atoms with E-state index >= 15 is 0 Å². The average Bonchev–Trinajstić information content (AvgIpc) is 3.10. The Bertz CT molecular complexity index is 1060. The SMILES string of the molecule is Cn1ccnc1SCCNC(=O)CCN1Cc2ccccc2O[C@H](c2ccccc2F)C1. The van der Waals surface area contributed by atoms with Gasteiger partial charge in [-0.3, -0.25) is 9.69 Å². The number of carbonyl (C=O) groups excluding carboxylic acids is 1. The lowest BCUT2D eigenvalue weighted by molar-refractivity contribution is -0.121. The monoisotopic (exact) mass is 454 g/mol. The van der Waals surface area contributed by atoms with Crippen LogP contribution in [0.2, 0.25) is 0 Å². The molecule has 0 saturated heterocycles. The van der Waals surface area contributed by atoms with E-state index < -0.39 is 6.10 Å². The highest BCUT2D eigenvalue weighted by Crippen LogP contribution is 2.32. The number of imidazole rings is 1. The van der Waals surface area contributed by atoms with Crippen molar-refractivity contribution in [1.29, 1.82) is 0 Å². The molecule has 1 aliphatic rings. The van der Waals surface area contributed by atoms with E-state index in [0.717, 1.165) is 22.2 Å². The third-order valence-corrected chi connectivity index (χ3v) is 6.46. The number of ether oxygens (including phenoxy) is 1. The molecule has 0 unspecified atom stereocenters. The Labute approximate surface area is 191 Å². The minimum absolute atomic E-state index is 0.00586. The Morgan fingerprint density at radius 3 is 2.88 bits per heavy atom. The number of fused-ring (bicyclic) bond motifs is 1. The smallest absolute Gasteiger partial charge is 0.221 e. The fraction of sp³-hybridized carbons (Fsp3) is 0.333. The van der Waals surface area contributed by atoms with Crippen molar-refractivity contribution in [3.05, 3.63) is 77.9 Å². The van der Waals surface area contributed by atoms with E-state index in [1.807, 2.05) is 48.1 Å². The van der Waals surface area contributed by atoms with Crippen LogP contribution in [0.15, 0.2) is 66.1 Å². The Morgan fingerprint density at radius 2 is 2.06 bits per heavy atom. The van der Waals surface area contributed by atoms with Crippen LogP contribution in [0.25, 0.3) is 0 Å². The van der Waals surface area contributed by atoms with E-state index in [-0.39, 0.29) is 11.7 Å². The van der Waals surface area contributed by atoms with Crippen molar-refractivity contribution < 1.29 is 13.9 Å². The summed E-state index contributed by atoms with van der Waals surface area (Å²) < 4.78 is 22.6. The Hall–Kier alpha value is -2.84. The second-order valence-electron chi connectivity index (χ2n) is 7.74. The molecule has 2 aromatic carbocycles. The average molecular weight is 455 g/mol. The predicted molar refractivity (Wildman–Crippen MR) is 123 cm³/mol. The zero-order valence-corrected chi connectivity index (χ0v) is 18.9. The number of aromatic nitrogens is 2. The van der Waals surface area contributed by atoms with Gasteiger partial charge in [0.25, 0.3) is 0 Å². The summed E-state index contributed by atoms with van der Waals surface area (Å²) in [4.78, 5) is 18.8. The number of nitrogens with zero attached hydrogens (tertiary/aromatic N) is 3. The molecule has 0 saturated carbocycles. The van der Waals surface area contributed by atoms with Gasteiger partial charge in [-0.15, -0.1) is 0 Å². The topological polar surface area (TPSA) is 59.4 Å². The van der Waals surface area contributed by atoms with E-state index in [0.29, 0.717) is 38.2 Å². The molecule has 2 heterocycles. The van der Waals surface area contributed by atoms with Crippen molar-refractivity contribution >= 4 is 17.7 Å². The summed E-state index contributed by atoms with van der Waals surface area (Å²) >= 11 is 1.61. The van der Waals surface area contributed by atoms with Gasteiger partial charge in [0.1, 0.15) is 17.7 Å². The van der Waals surface area contributed by atoms with Gasteiger partial charge in [0.05, 0.1) is 0 Å². The zero-order chi connectivity index (χ0) is 22.3. The second-order valence-corrected chi connectivity index (χ2v) is 8.80. The highest BCUT2D eigenvalue weighted by molar-refractivity contribution is 7.99. The number of halogens is 1. The molecule has 1 amide bonds. The number of thioether (sulfide) groups is 1. The fourth-order valence-corrected chi connectivity index (χ4v) is 4.51. The first-order valence-corrected chi connectivity index (χ1v) is 11.7. The van der Waals surface area contributed by atoms with Crippen LogP contribution in [0.3, 0.4) is 0 Å². The summed E-state index contributed by atoms with van der Waals surface area (Å²) in [6.07, 6.45) is 3.60. The third kappa shape index (κ3) is 5.69. The molecular formula is C24H27FN4O2S. The van der Waals surface area contributed by atoms with Crippen LogP contribution in [0.1, 0.15) is 23.7 Å². The summed E-state index contributed by atoms with van der Waals surface area (Å²) in [7, 11) is 1.95. The van der Waals surface area contributed by atoms with Crippen LogP contribution >= 0.6 is 11.8 Å². The summed E-state index contributed by atoms with van der Waals surface area (Å²) in [6, 6.07) is 14.5. The summed E-state index contributed by atoms with van der Waals surface area (Å²) in [5.41, 5.74) is 1.57. The molecule has 3 aromatic rings. The van der Waals surface area contributed by atoms with Gasteiger partial charge in [0.15, 0.2) is 5.16 Å². The maximum atomic E-state index is 14.5. The number of para-hydroxylation sites is 1. The standard InChI is InChI=1S/C24H27FN4O2S/c1-28-14-11-27-24(28)32-15-12-26-23(30)10-13-29-16-18-6-2-5-9-21(18)31-22(17-29)19-7-3-4-8-20(19)25/h2-9,11,14,22H,10,12-13,15-17H2,1H3,(H,26,30)/t22-/m0/s1. The van der Waals surface area contributed by atoms with Gasteiger partial charge in [0.2, 0.25) is 5.91 Å². The minimum atomic E-state index is -0.433. The Kier molecular flexibility index (Phi) is 7.44. The normalized spacial score (nSPS) is 16.1. The van der Waals surface area contributed by atoms with Crippen LogP contribution in [0.5, 0.6) is 5.75 Å². The van der Waals surface area contributed by atoms with E-state index in [1.54, 1.807) is 30.1 Å². The summed E-state index contributed by atoms with van der Waals surface area (Å²) in [6.45, 7) is 2.32. The number of hydrogen-bond acceptors (Lipinski definition) is 5. The lowest BCUT2D eigenvalue weighted by Gasteiger charge is -2.24. The second kappa shape index (κ2) is 10.7. The van der Waals surface area contributed by atoms with Crippen LogP contribution < -0.4 is 10.1 Å². The number of nitrogens with one attached hydrogen (secondary N) is 1. The number of hydrogen-bond donors (Lipinski definition) is 1. The minimum Gasteiger partial charge on any atom is -0.484 e. The molecule has 32 heavy (non-hydrogen) atoms. The molecular weight excluding hydrogens is 427 g/mol. The first-order valence-electron chi connectivity index (χ1n) is 10.7. The maximum Gasteiger partial charge on any atom is 0.221 e. The van der Waals surface area contributed by atoms with Crippen LogP contribution in [0.4, 0.5) is 4.39 Å². The van der Waals surface area contributed by atoms with Gasteiger partial charge >= 0.3 is 0 Å². The quantitative estimate of drug-likeness (QED) is 0.415. The number of amides is 1. The highest BCUT2D eigenvalue weighted by Gasteiger charge is 2.26. The molecule has 6 nitrogen and oxygen atoms in total. The molecule has 0 fully saturated rings. The Morgan fingerprint density at radius 1 is 1.25 bits per heavy atom. The molecule has 4 rings (SSSR count). The largest absolute Gasteiger partial charge is 0.484 e. The molecule has 1 aromatic heterocycles. The van der Waals surface area contributed by atoms with Gasteiger partial charge in [0, 0.05) is 68.9 Å². The fourth-order valence-electron chi connectivity index (χ4n) is 3.72. The molecule has 0 spiro atoms. The third-order valence-electron chi connectivity index (χ3n) is 5.40. The van der Waals surface area contributed by atoms with E-state index in [1.165, 1.54) is 6.07 Å². The number of benzene rings is 2. The van der Waals surface area contributed by atoms with Gasteiger partial charge < -0.3 is 14.6 Å². The van der Waals surface area contributed by atoms with Crippen molar-refractivity contribution in [2.24, 2.45) is 7.05 Å². The molecule has 1 N–H and O–H groups in total. The Balaban J connectivity index is 1.33. The van der Waals surface area contributed by atoms with Crippen LogP contribution in [-0.2, 0) is 18.4 Å². The summed E-state index contributed by atoms with van der Waals surface area (Å²) in [5.74, 6) is 1.25. The van der Waals surface area contributed by atoms with Crippen LogP contribution in [-0.4, -0.2) is 45.7 Å². The van der Waals surface area contributed by atoms with Crippen molar-refractivity contribution in [3.63, 3.8) is 0 Å². The van der Waals surface area contributed by atoms with Crippen molar-refractivity contribution in [3.8, 4) is 5.75 Å². The molecule has 0 aliphatic carbocycles. The zero-order valence-electron chi connectivity index (χ0n) is 18.0. The lowest BCUT2D eigenvalue weighted by Crippen LogP contribution is -2.34. The van der Waals surface area contributed by atoms with Crippen LogP contribution in [0, 0.1) is 5.82 Å². The number of carbonyl (C=O) groups is 1. The molecule has 0 radical (unpaired) electrons. The van der Waals surface area contributed by atoms with E-state index in [9.17, 15) is 9.18 Å². The first kappa shape index (κ1) is 22.4. The van der Waals surface area contributed by atoms with Crippen molar-refractivity contribution in [1.82, 2.24) is 19.8 Å². The molecule has 1 aliphatic heterocycles. The van der Waals surface area contributed by atoms with E-state index in [4.69, 9.17) is 4.74 Å². The van der Waals surface area contributed by atoms with Crippen molar-refractivity contribution in [2.75, 3.05) is 25.4 Å². The molecule has 0 bridgehead atoms. The van der Waals surface area contributed by atoms with Gasteiger partial charge in [-0.2, -0.15) is 0 Å². The number of rotatable bonds is 8. The molecule has 8 heteroatoms. The van der Waals surface area contributed by atoms with E-state index in [2.05, 4.69) is 15.2 Å².